The first kappa shape index (κ1) is 25.2. The zero-order valence-corrected chi connectivity index (χ0v) is 20.1. The number of benzene rings is 2. The molecule has 1 aliphatic rings. The van der Waals surface area contributed by atoms with Gasteiger partial charge in [0, 0.05) is 17.3 Å². The van der Waals surface area contributed by atoms with Gasteiger partial charge < -0.3 is 19.3 Å². The fourth-order valence-electron chi connectivity index (χ4n) is 3.51. The van der Waals surface area contributed by atoms with Gasteiger partial charge in [0.25, 0.3) is 5.91 Å². The summed E-state index contributed by atoms with van der Waals surface area (Å²) in [6.45, 7) is -0.843. The third kappa shape index (κ3) is 5.82. The lowest BCUT2D eigenvalue weighted by atomic mass is 10.0. The Morgan fingerprint density at radius 1 is 1.19 bits per heavy atom. The van der Waals surface area contributed by atoms with Crippen molar-refractivity contribution in [3.63, 3.8) is 0 Å². The summed E-state index contributed by atoms with van der Waals surface area (Å²) in [5.74, 6) is -0.283. The van der Waals surface area contributed by atoms with Gasteiger partial charge in [-0.1, -0.05) is 36.0 Å². The van der Waals surface area contributed by atoms with Crippen molar-refractivity contribution in [3.8, 4) is 11.5 Å². The average Bonchev–Trinajstić information content (AvgIpc) is 3.41. The first-order chi connectivity index (χ1) is 17.4. The van der Waals surface area contributed by atoms with Gasteiger partial charge in [0.2, 0.25) is 5.76 Å². The summed E-state index contributed by atoms with van der Waals surface area (Å²) < 4.78 is 39.9. The predicted molar refractivity (Wildman–Crippen MR) is 130 cm³/mol. The van der Waals surface area contributed by atoms with Crippen molar-refractivity contribution in [1.82, 2.24) is 10.2 Å². The number of carbonyl (C=O) groups is 2. The lowest BCUT2D eigenvalue weighted by molar-refractivity contribution is -0.0512. The Morgan fingerprint density at radius 3 is 2.61 bits per heavy atom. The van der Waals surface area contributed by atoms with Gasteiger partial charge in [-0.05, 0) is 42.3 Å². The number of carbonyl (C=O) groups excluding carboxylic acids is 2. The number of nitrogens with one attached hydrogen (secondary N) is 1. The smallest absolute Gasteiger partial charge is 0.387 e. The molecule has 0 saturated heterocycles. The SMILES string of the molecule is CCC1SC(=O)N(Cc2ccc(NC(=O)c3ccno3)cc2)N=C1c1ccc(OC(F)F)c(OC)c1. The number of hydrogen-bond acceptors (Lipinski definition) is 8. The summed E-state index contributed by atoms with van der Waals surface area (Å²) in [5, 5.41) is 11.7. The molecular formula is C24H22F2N4O5S. The molecule has 1 aliphatic heterocycles. The second-order valence-electron chi connectivity index (χ2n) is 7.60. The highest BCUT2D eigenvalue weighted by Crippen LogP contribution is 2.34. The molecule has 0 radical (unpaired) electrons. The molecule has 1 N–H and O–H groups in total. The maximum Gasteiger partial charge on any atom is 0.387 e. The maximum atomic E-state index is 12.8. The minimum Gasteiger partial charge on any atom is -0.493 e. The number of nitrogens with zero attached hydrogens (tertiary/aromatic N) is 3. The summed E-state index contributed by atoms with van der Waals surface area (Å²) >= 11 is 1.15. The molecule has 0 fully saturated rings. The predicted octanol–water partition coefficient (Wildman–Crippen LogP) is 5.39. The molecule has 3 aromatic rings. The molecule has 1 aromatic heterocycles. The van der Waals surface area contributed by atoms with Crippen LogP contribution in [-0.4, -0.2) is 46.0 Å². The molecule has 36 heavy (non-hydrogen) atoms. The highest BCUT2D eigenvalue weighted by atomic mass is 32.2. The summed E-state index contributed by atoms with van der Waals surface area (Å²) in [5.41, 5.74) is 2.60. The van der Waals surface area contributed by atoms with Crippen LogP contribution in [0.5, 0.6) is 11.5 Å². The second kappa shape index (κ2) is 11.2. The number of anilines is 1. The van der Waals surface area contributed by atoms with Crippen LogP contribution >= 0.6 is 11.8 Å². The van der Waals surface area contributed by atoms with Crippen LogP contribution in [0.4, 0.5) is 19.3 Å². The number of alkyl halides is 2. The molecule has 4 rings (SSSR count). The van der Waals surface area contributed by atoms with Gasteiger partial charge in [-0.25, -0.2) is 5.01 Å². The Morgan fingerprint density at radius 2 is 1.97 bits per heavy atom. The Bertz CT molecular complexity index is 1250. The molecule has 12 heteroatoms. The van der Waals surface area contributed by atoms with Gasteiger partial charge in [-0.15, -0.1) is 0 Å². The van der Waals surface area contributed by atoms with E-state index in [1.165, 1.54) is 30.4 Å². The van der Waals surface area contributed by atoms with Gasteiger partial charge >= 0.3 is 11.9 Å². The first-order valence-electron chi connectivity index (χ1n) is 10.9. The lowest BCUT2D eigenvalue weighted by Gasteiger charge is -2.28. The average molecular weight is 517 g/mol. The Balaban J connectivity index is 1.53. The number of hydrogen-bond donors (Lipinski definition) is 1. The minimum atomic E-state index is -2.98. The van der Waals surface area contributed by atoms with Crippen molar-refractivity contribution < 1.29 is 32.4 Å². The quantitative estimate of drug-likeness (QED) is 0.407. The van der Waals surface area contributed by atoms with Gasteiger partial charge in [-0.2, -0.15) is 13.9 Å². The highest BCUT2D eigenvalue weighted by Gasteiger charge is 2.31. The van der Waals surface area contributed by atoms with Crippen molar-refractivity contribution in [1.29, 1.82) is 0 Å². The van der Waals surface area contributed by atoms with Gasteiger partial charge in [0.1, 0.15) is 0 Å². The monoisotopic (exact) mass is 516 g/mol. The van der Waals surface area contributed by atoms with E-state index in [9.17, 15) is 18.4 Å². The first-order valence-corrected chi connectivity index (χ1v) is 11.8. The summed E-state index contributed by atoms with van der Waals surface area (Å²) in [6.07, 6.45) is 2.02. The fourth-order valence-corrected chi connectivity index (χ4v) is 4.44. The summed E-state index contributed by atoms with van der Waals surface area (Å²) in [6, 6.07) is 13.0. The van der Waals surface area contributed by atoms with Crippen LogP contribution < -0.4 is 14.8 Å². The molecule has 2 heterocycles. The van der Waals surface area contributed by atoms with E-state index in [1.54, 1.807) is 36.4 Å². The minimum absolute atomic E-state index is 0.0863. The third-order valence-electron chi connectivity index (χ3n) is 5.24. The van der Waals surface area contributed by atoms with Crippen LogP contribution in [0.15, 0.2) is 64.4 Å². The topological polar surface area (TPSA) is 106 Å². The van der Waals surface area contributed by atoms with Crippen molar-refractivity contribution in [2.24, 2.45) is 5.10 Å². The number of hydrazone groups is 1. The number of methoxy groups -OCH3 is 1. The third-order valence-corrected chi connectivity index (χ3v) is 6.49. The van der Waals surface area contributed by atoms with E-state index in [2.05, 4.69) is 20.3 Å². The Kier molecular flexibility index (Phi) is 7.84. The van der Waals surface area contributed by atoms with E-state index in [0.717, 1.165) is 17.3 Å². The number of aromatic nitrogens is 1. The molecule has 9 nitrogen and oxygen atoms in total. The zero-order chi connectivity index (χ0) is 25.7. The number of thioether (sulfide) groups is 1. The summed E-state index contributed by atoms with van der Waals surface area (Å²) in [7, 11) is 1.36. The molecule has 0 bridgehead atoms. The van der Waals surface area contributed by atoms with E-state index in [-0.39, 0.29) is 34.3 Å². The van der Waals surface area contributed by atoms with Gasteiger partial charge in [0.05, 0.1) is 30.8 Å². The molecule has 1 atom stereocenters. The van der Waals surface area contributed by atoms with E-state index >= 15 is 0 Å². The van der Waals surface area contributed by atoms with Crippen molar-refractivity contribution in [2.45, 2.75) is 31.8 Å². The molecule has 0 spiro atoms. The Labute approximate surface area is 209 Å². The van der Waals surface area contributed by atoms with Crippen LogP contribution in [-0.2, 0) is 6.54 Å². The number of rotatable bonds is 9. The van der Waals surface area contributed by atoms with Crippen molar-refractivity contribution in [2.75, 3.05) is 12.4 Å². The molecule has 188 valence electrons. The summed E-state index contributed by atoms with van der Waals surface area (Å²) in [4.78, 5) is 24.9. The zero-order valence-electron chi connectivity index (χ0n) is 19.3. The van der Waals surface area contributed by atoms with Crippen LogP contribution in [0.3, 0.4) is 0 Å². The molecular weight excluding hydrogens is 494 g/mol. The van der Waals surface area contributed by atoms with Gasteiger partial charge in [0.15, 0.2) is 11.5 Å². The highest BCUT2D eigenvalue weighted by molar-refractivity contribution is 8.14. The molecule has 1 unspecified atom stereocenters. The largest absolute Gasteiger partial charge is 0.493 e. The molecule has 2 aromatic carbocycles. The number of amides is 2. The van der Waals surface area contributed by atoms with E-state index in [1.807, 2.05) is 6.92 Å². The van der Waals surface area contributed by atoms with Crippen LogP contribution in [0, 0.1) is 0 Å². The number of halogens is 2. The van der Waals surface area contributed by atoms with Gasteiger partial charge in [-0.3, -0.25) is 9.59 Å². The number of ether oxygens (including phenoxy) is 2. The van der Waals surface area contributed by atoms with Crippen molar-refractivity contribution in [3.05, 3.63) is 71.6 Å². The Hall–Kier alpha value is -3.93. The standard InChI is InChI=1S/C24H22F2N4O5S/c1-3-20-21(15-6-9-17(34-23(25)26)19(12-15)33-2)29-30(24(32)36-20)13-14-4-7-16(8-5-14)28-22(31)18-10-11-27-35-18/h4-12,20,23H,3,13H2,1-2H3,(H,28,31). The lowest BCUT2D eigenvalue weighted by Crippen LogP contribution is -2.34. The van der Waals surface area contributed by atoms with Crippen LogP contribution in [0.25, 0.3) is 0 Å². The van der Waals surface area contributed by atoms with E-state index in [4.69, 9.17) is 9.26 Å². The van der Waals surface area contributed by atoms with E-state index < -0.39 is 12.5 Å². The fraction of sp³-hybridized carbons (Fsp3) is 0.250. The second-order valence-corrected chi connectivity index (χ2v) is 8.75. The molecule has 0 saturated carbocycles. The van der Waals surface area contributed by atoms with E-state index in [0.29, 0.717) is 23.4 Å². The van der Waals surface area contributed by atoms with Crippen molar-refractivity contribution >= 4 is 34.3 Å². The van der Waals surface area contributed by atoms with Crippen LogP contribution in [0.1, 0.15) is 35.0 Å². The molecule has 0 aliphatic carbocycles. The normalized spacial score (nSPS) is 15.6. The van der Waals surface area contributed by atoms with Crippen LogP contribution in [0.2, 0.25) is 0 Å². The maximum absolute atomic E-state index is 12.8. The molecule has 2 amide bonds.